The van der Waals surface area contributed by atoms with Crippen molar-refractivity contribution in [3.63, 3.8) is 0 Å². The third-order valence-corrected chi connectivity index (χ3v) is 5.71. The van der Waals surface area contributed by atoms with E-state index in [2.05, 4.69) is 10.4 Å². The number of hydrogen-bond donors (Lipinski definition) is 1. The van der Waals surface area contributed by atoms with Gasteiger partial charge in [-0.05, 0) is 36.4 Å². The van der Waals surface area contributed by atoms with E-state index in [4.69, 9.17) is 23.2 Å². The Labute approximate surface area is 166 Å². The molecule has 1 aromatic heterocycles. The maximum Gasteiger partial charge on any atom is 0.256 e. The van der Waals surface area contributed by atoms with Gasteiger partial charge in [0, 0.05) is 33.5 Å². The van der Waals surface area contributed by atoms with Crippen molar-refractivity contribution in [3.05, 3.63) is 75.9 Å². The first-order chi connectivity index (χ1) is 12.8. The van der Waals surface area contributed by atoms with Gasteiger partial charge in [0.25, 0.3) is 5.91 Å². The van der Waals surface area contributed by atoms with Crippen LogP contribution in [0.5, 0.6) is 0 Å². The molecule has 0 aliphatic heterocycles. The van der Waals surface area contributed by atoms with Crippen molar-refractivity contribution in [1.82, 2.24) is 9.78 Å². The van der Waals surface area contributed by atoms with Crippen LogP contribution in [0.3, 0.4) is 0 Å². The average molecular weight is 424 g/mol. The van der Waals surface area contributed by atoms with Crippen LogP contribution < -0.4 is 5.32 Å². The van der Waals surface area contributed by atoms with Crippen LogP contribution >= 0.6 is 23.2 Å². The number of hydrogen-bond acceptors (Lipinski definition) is 4. The van der Waals surface area contributed by atoms with Crippen LogP contribution in [0.15, 0.2) is 59.6 Å². The van der Waals surface area contributed by atoms with E-state index in [9.17, 15) is 13.2 Å². The van der Waals surface area contributed by atoms with Crippen molar-refractivity contribution in [1.29, 1.82) is 0 Å². The van der Waals surface area contributed by atoms with Gasteiger partial charge in [0.1, 0.15) is 5.82 Å². The predicted molar refractivity (Wildman–Crippen MR) is 105 cm³/mol. The van der Waals surface area contributed by atoms with Crippen LogP contribution in [0.2, 0.25) is 10.0 Å². The lowest BCUT2D eigenvalue weighted by Gasteiger charge is -2.11. The molecule has 0 aliphatic rings. The molecule has 1 heterocycles. The van der Waals surface area contributed by atoms with Gasteiger partial charge < -0.3 is 5.32 Å². The minimum Gasteiger partial charge on any atom is -0.307 e. The average Bonchev–Trinajstić information content (AvgIpc) is 3.04. The minimum absolute atomic E-state index is 0.150. The maximum atomic E-state index is 12.5. The lowest BCUT2D eigenvalue weighted by atomic mass is 10.2. The predicted octanol–water partition coefficient (Wildman–Crippen LogP) is 3.89. The quantitative estimate of drug-likeness (QED) is 0.674. The van der Waals surface area contributed by atoms with Crippen LogP contribution in [-0.2, 0) is 16.4 Å². The fourth-order valence-electron chi connectivity index (χ4n) is 2.44. The number of benzene rings is 2. The Morgan fingerprint density at radius 3 is 2.30 bits per heavy atom. The van der Waals surface area contributed by atoms with Crippen LogP contribution in [0.1, 0.15) is 15.9 Å². The SMILES string of the molecule is CS(=O)(=O)c1ccc(C(=O)Nc2ccnn2Cc2c(Cl)cccc2Cl)cc1. The fraction of sp³-hybridized carbons (Fsp3) is 0.111. The van der Waals surface area contributed by atoms with Gasteiger partial charge in [-0.15, -0.1) is 0 Å². The Hall–Kier alpha value is -2.35. The molecule has 0 saturated carbocycles. The largest absolute Gasteiger partial charge is 0.307 e. The summed E-state index contributed by atoms with van der Waals surface area (Å²) in [4.78, 5) is 12.6. The highest BCUT2D eigenvalue weighted by molar-refractivity contribution is 7.90. The number of anilines is 1. The number of nitrogens with zero attached hydrogens (tertiary/aromatic N) is 2. The van der Waals surface area contributed by atoms with Gasteiger partial charge in [-0.3, -0.25) is 4.79 Å². The number of amides is 1. The molecule has 140 valence electrons. The van der Waals surface area contributed by atoms with E-state index < -0.39 is 9.84 Å². The molecular formula is C18H15Cl2N3O3S. The number of aromatic nitrogens is 2. The van der Waals surface area contributed by atoms with Crippen LogP contribution in [0, 0.1) is 0 Å². The van der Waals surface area contributed by atoms with E-state index in [0.717, 1.165) is 6.26 Å². The molecule has 2 aromatic carbocycles. The van der Waals surface area contributed by atoms with Crippen LogP contribution in [0.25, 0.3) is 0 Å². The first kappa shape index (κ1) is 19.4. The summed E-state index contributed by atoms with van der Waals surface area (Å²) in [5.74, 6) is 0.0743. The smallest absolute Gasteiger partial charge is 0.256 e. The Morgan fingerprint density at radius 2 is 1.70 bits per heavy atom. The molecule has 0 fully saturated rings. The molecule has 0 unspecified atom stereocenters. The van der Waals surface area contributed by atoms with Gasteiger partial charge in [-0.25, -0.2) is 13.1 Å². The van der Waals surface area contributed by atoms with E-state index in [0.29, 0.717) is 27.0 Å². The van der Waals surface area contributed by atoms with Crippen LogP contribution in [0.4, 0.5) is 5.82 Å². The van der Waals surface area contributed by atoms with Gasteiger partial charge in [-0.1, -0.05) is 29.3 Å². The highest BCUT2D eigenvalue weighted by Gasteiger charge is 2.14. The topological polar surface area (TPSA) is 81.1 Å². The number of rotatable bonds is 5. The van der Waals surface area contributed by atoms with Crippen molar-refractivity contribution in [3.8, 4) is 0 Å². The summed E-state index contributed by atoms with van der Waals surface area (Å²) in [5, 5.41) is 7.95. The molecule has 3 rings (SSSR count). The second-order valence-corrected chi connectivity index (χ2v) is 8.66. The molecule has 3 aromatic rings. The summed E-state index contributed by atoms with van der Waals surface area (Å²) in [5.41, 5.74) is 1.02. The molecule has 0 bridgehead atoms. The number of carbonyl (C=O) groups excluding carboxylic acids is 1. The molecule has 0 saturated heterocycles. The number of halogens is 2. The third kappa shape index (κ3) is 4.50. The molecule has 0 aliphatic carbocycles. The number of nitrogens with one attached hydrogen (secondary N) is 1. The van der Waals surface area contributed by atoms with Crippen LogP contribution in [-0.4, -0.2) is 30.4 Å². The lowest BCUT2D eigenvalue weighted by Crippen LogP contribution is -2.16. The molecule has 9 heteroatoms. The number of carbonyl (C=O) groups is 1. The summed E-state index contributed by atoms with van der Waals surface area (Å²) in [6, 6.07) is 12.6. The van der Waals surface area contributed by atoms with Gasteiger partial charge in [0.2, 0.25) is 0 Å². The van der Waals surface area contributed by atoms with Gasteiger partial charge in [0.05, 0.1) is 17.6 Å². The summed E-state index contributed by atoms with van der Waals surface area (Å²) < 4.78 is 24.6. The Bertz CT molecular complexity index is 1070. The van der Waals surface area contributed by atoms with E-state index >= 15 is 0 Å². The Balaban J connectivity index is 1.79. The second kappa shape index (κ2) is 7.72. The second-order valence-electron chi connectivity index (χ2n) is 5.82. The van der Waals surface area contributed by atoms with Crippen molar-refractivity contribution in [2.45, 2.75) is 11.4 Å². The maximum absolute atomic E-state index is 12.5. The summed E-state index contributed by atoms with van der Waals surface area (Å²) >= 11 is 12.4. The first-order valence-corrected chi connectivity index (χ1v) is 10.5. The molecule has 6 nitrogen and oxygen atoms in total. The summed E-state index contributed by atoms with van der Waals surface area (Å²) in [7, 11) is -3.32. The van der Waals surface area contributed by atoms with E-state index in [-0.39, 0.29) is 17.3 Å². The Morgan fingerprint density at radius 1 is 1.07 bits per heavy atom. The highest BCUT2D eigenvalue weighted by Crippen LogP contribution is 2.26. The zero-order valence-corrected chi connectivity index (χ0v) is 16.5. The monoisotopic (exact) mass is 423 g/mol. The molecule has 0 radical (unpaired) electrons. The molecule has 0 spiro atoms. The standard InChI is InChI=1S/C18H15Cl2N3O3S/c1-27(25,26)13-7-5-12(6-8-13)18(24)22-17-9-10-21-23(17)11-14-15(19)3-2-4-16(14)20/h2-10H,11H2,1H3,(H,22,24). The normalized spacial score (nSPS) is 11.4. The van der Waals surface area contributed by atoms with Crippen molar-refractivity contribution in [2.24, 2.45) is 0 Å². The van der Waals surface area contributed by atoms with Crippen molar-refractivity contribution < 1.29 is 13.2 Å². The fourth-order valence-corrected chi connectivity index (χ4v) is 3.59. The van der Waals surface area contributed by atoms with Crippen molar-refractivity contribution >= 4 is 44.8 Å². The highest BCUT2D eigenvalue weighted by atomic mass is 35.5. The lowest BCUT2D eigenvalue weighted by molar-refractivity contribution is 0.102. The van der Waals surface area contributed by atoms with Crippen molar-refractivity contribution in [2.75, 3.05) is 11.6 Å². The molecular weight excluding hydrogens is 409 g/mol. The van der Waals surface area contributed by atoms with Gasteiger partial charge in [0.15, 0.2) is 9.84 Å². The van der Waals surface area contributed by atoms with E-state index in [1.54, 1.807) is 35.1 Å². The molecule has 27 heavy (non-hydrogen) atoms. The summed E-state index contributed by atoms with van der Waals surface area (Å²) in [6.07, 6.45) is 2.66. The van der Waals surface area contributed by atoms with E-state index in [1.165, 1.54) is 24.3 Å². The van der Waals surface area contributed by atoms with Gasteiger partial charge >= 0.3 is 0 Å². The van der Waals surface area contributed by atoms with E-state index in [1.807, 2.05) is 0 Å². The molecule has 1 amide bonds. The summed E-state index contributed by atoms with van der Waals surface area (Å²) in [6.45, 7) is 0.286. The zero-order chi connectivity index (χ0) is 19.6. The van der Waals surface area contributed by atoms with Gasteiger partial charge in [-0.2, -0.15) is 5.10 Å². The minimum atomic E-state index is -3.32. The third-order valence-electron chi connectivity index (χ3n) is 3.87. The Kier molecular flexibility index (Phi) is 5.55. The molecule has 0 atom stereocenters. The first-order valence-electron chi connectivity index (χ1n) is 7.82. The zero-order valence-electron chi connectivity index (χ0n) is 14.2. The molecule has 1 N–H and O–H groups in total. The number of sulfone groups is 1.